The van der Waals surface area contributed by atoms with Crippen LogP contribution in [0.4, 0.5) is 0 Å². The SMILES string of the molecule is CC(C)C(I)O[Si](c1ccccc1)(c1ccccc1)C(C)(C)C. The van der Waals surface area contributed by atoms with Crippen molar-refractivity contribution in [3.05, 3.63) is 60.7 Å². The summed E-state index contributed by atoms with van der Waals surface area (Å²) >= 11 is 2.46. The van der Waals surface area contributed by atoms with Gasteiger partial charge in [0.05, 0.1) is 0 Å². The molecule has 3 heteroatoms. The molecule has 1 unspecified atom stereocenters. The highest BCUT2D eigenvalue weighted by atomic mass is 127. The molecular formula is C20H27IOSi. The fourth-order valence-electron chi connectivity index (χ4n) is 3.00. The summed E-state index contributed by atoms with van der Waals surface area (Å²) in [5, 5.41) is 2.75. The molecular weight excluding hydrogens is 411 g/mol. The predicted molar refractivity (Wildman–Crippen MR) is 111 cm³/mol. The fourth-order valence-corrected chi connectivity index (χ4v) is 8.77. The van der Waals surface area contributed by atoms with Gasteiger partial charge >= 0.3 is 0 Å². The van der Waals surface area contributed by atoms with Crippen molar-refractivity contribution >= 4 is 41.3 Å². The highest BCUT2D eigenvalue weighted by Gasteiger charge is 2.51. The number of benzene rings is 2. The minimum absolute atomic E-state index is 0.0496. The lowest BCUT2D eigenvalue weighted by molar-refractivity contribution is 0.236. The summed E-state index contributed by atoms with van der Waals surface area (Å²) < 4.78 is 7.16. The highest BCUT2D eigenvalue weighted by molar-refractivity contribution is 14.1. The van der Waals surface area contributed by atoms with Gasteiger partial charge in [0.15, 0.2) is 0 Å². The van der Waals surface area contributed by atoms with Crippen LogP contribution in [0.1, 0.15) is 34.6 Å². The van der Waals surface area contributed by atoms with Gasteiger partial charge in [-0.15, -0.1) is 0 Å². The zero-order chi connectivity index (χ0) is 17.1. The molecule has 0 spiro atoms. The molecule has 0 saturated heterocycles. The van der Waals surface area contributed by atoms with Gasteiger partial charge in [-0.3, -0.25) is 0 Å². The molecule has 2 aromatic rings. The summed E-state index contributed by atoms with van der Waals surface area (Å²) in [5.41, 5.74) is 0. The lowest BCUT2D eigenvalue weighted by Crippen LogP contribution is -2.67. The summed E-state index contributed by atoms with van der Waals surface area (Å²) in [7, 11) is -2.38. The molecule has 0 aliphatic rings. The molecule has 0 N–H and O–H groups in total. The van der Waals surface area contributed by atoms with Gasteiger partial charge in [-0.25, -0.2) is 0 Å². The maximum atomic E-state index is 6.96. The van der Waals surface area contributed by atoms with Crippen LogP contribution >= 0.6 is 22.6 Å². The zero-order valence-electron chi connectivity index (χ0n) is 14.7. The molecule has 0 bridgehead atoms. The van der Waals surface area contributed by atoms with Crippen LogP contribution < -0.4 is 10.4 Å². The maximum Gasteiger partial charge on any atom is 0.262 e. The van der Waals surface area contributed by atoms with Crippen LogP contribution in [0.2, 0.25) is 5.04 Å². The van der Waals surface area contributed by atoms with E-state index in [0.717, 1.165) is 0 Å². The van der Waals surface area contributed by atoms with Crippen molar-refractivity contribution in [2.75, 3.05) is 0 Å². The summed E-state index contributed by atoms with van der Waals surface area (Å²) in [4.78, 5) is 0. The van der Waals surface area contributed by atoms with Crippen LogP contribution in [0.25, 0.3) is 0 Å². The summed E-state index contributed by atoms with van der Waals surface area (Å²) in [6.07, 6.45) is 0. The van der Waals surface area contributed by atoms with E-state index in [4.69, 9.17) is 4.43 Å². The molecule has 1 nitrogen and oxygen atoms in total. The van der Waals surface area contributed by atoms with E-state index < -0.39 is 8.32 Å². The molecule has 0 heterocycles. The summed E-state index contributed by atoms with van der Waals surface area (Å²) in [5.74, 6) is 0.484. The minimum Gasteiger partial charge on any atom is -0.395 e. The third-order valence-electron chi connectivity index (χ3n) is 4.23. The summed E-state index contributed by atoms with van der Waals surface area (Å²) in [6.45, 7) is 11.4. The Balaban J connectivity index is 2.69. The first-order valence-corrected chi connectivity index (χ1v) is 11.4. The second kappa shape index (κ2) is 7.49. The Morgan fingerprint density at radius 1 is 0.826 bits per heavy atom. The van der Waals surface area contributed by atoms with Gasteiger partial charge in [-0.05, 0) is 21.3 Å². The third kappa shape index (κ3) is 3.89. The summed E-state index contributed by atoms with van der Waals surface area (Å²) in [6, 6.07) is 21.7. The van der Waals surface area contributed by atoms with Crippen LogP contribution in [-0.2, 0) is 4.43 Å². The molecule has 0 aromatic heterocycles. The van der Waals surface area contributed by atoms with Crippen molar-refractivity contribution in [3.63, 3.8) is 0 Å². The van der Waals surface area contributed by atoms with Gasteiger partial charge in [0, 0.05) is 0 Å². The Kier molecular flexibility index (Phi) is 6.08. The molecule has 0 saturated carbocycles. The first kappa shape index (κ1) is 18.7. The molecule has 0 aliphatic carbocycles. The van der Waals surface area contributed by atoms with E-state index in [2.05, 4.69) is 118 Å². The first-order valence-electron chi connectivity index (χ1n) is 8.22. The third-order valence-corrected chi connectivity index (χ3v) is 11.4. The molecule has 0 aliphatic heterocycles. The van der Waals surface area contributed by atoms with Gasteiger partial charge in [0.1, 0.15) is 4.11 Å². The van der Waals surface area contributed by atoms with E-state index in [-0.39, 0.29) is 9.15 Å². The number of rotatable bonds is 5. The highest BCUT2D eigenvalue weighted by Crippen LogP contribution is 2.39. The van der Waals surface area contributed by atoms with E-state index in [1.165, 1.54) is 10.4 Å². The zero-order valence-corrected chi connectivity index (χ0v) is 17.9. The Hall–Kier alpha value is -0.653. The van der Waals surface area contributed by atoms with Crippen molar-refractivity contribution in [1.82, 2.24) is 0 Å². The average molecular weight is 438 g/mol. The van der Waals surface area contributed by atoms with E-state index in [1.807, 2.05) is 0 Å². The predicted octanol–water partition coefficient (Wildman–Crippen LogP) is 4.98. The quantitative estimate of drug-likeness (QED) is 0.364. The Morgan fingerprint density at radius 2 is 1.22 bits per heavy atom. The van der Waals surface area contributed by atoms with Gasteiger partial charge in [0.2, 0.25) is 0 Å². The average Bonchev–Trinajstić information content (AvgIpc) is 2.52. The van der Waals surface area contributed by atoms with Gasteiger partial charge in [-0.1, -0.05) is 118 Å². The Bertz CT molecular complexity index is 565. The molecule has 0 amide bonds. The molecule has 0 fully saturated rings. The molecule has 1 atom stereocenters. The monoisotopic (exact) mass is 438 g/mol. The number of halogens is 1. The second-order valence-corrected chi connectivity index (χ2v) is 12.9. The van der Waals surface area contributed by atoms with Crippen LogP contribution in [0.5, 0.6) is 0 Å². The van der Waals surface area contributed by atoms with E-state index in [9.17, 15) is 0 Å². The van der Waals surface area contributed by atoms with Gasteiger partial charge < -0.3 is 4.43 Å². The van der Waals surface area contributed by atoms with Crippen LogP contribution in [0, 0.1) is 5.92 Å². The van der Waals surface area contributed by atoms with Crippen molar-refractivity contribution < 1.29 is 4.43 Å². The molecule has 2 aromatic carbocycles. The van der Waals surface area contributed by atoms with E-state index in [0.29, 0.717) is 5.92 Å². The largest absolute Gasteiger partial charge is 0.395 e. The van der Waals surface area contributed by atoms with Gasteiger partial charge in [-0.2, -0.15) is 0 Å². The standard InChI is InChI=1S/C20H27IOSi/c1-16(2)19(21)22-23(20(3,4)5,17-12-8-6-9-13-17)18-14-10-7-11-15-18/h6-16,19H,1-5H3. The van der Waals surface area contributed by atoms with Crippen molar-refractivity contribution in [1.29, 1.82) is 0 Å². The van der Waals surface area contributed by atoms with E-state index in [1.54, 1.807) is 0 Å². The van der Waals surface area contributed by atoms with Gasteiger partial charge in [0.25, 0.3) is 8.32 Å². The van der Waals surface area contributed by atoms with Crippen LogP contribution in [0.15, 0.2) is 60.7 Å². The van der Waals surface area contributed by atoms with Crippen molar-refractivity contribution in [3.8, 4) is 0 Å². The smallest absolute Gasteiger partial charge is 0.262 e. The van der Waals surface area contributed by atoms with Crippen molar-refractivity contribution in [2.45, 2.75) is 43.8 Å². The number of alkyl halides is 1. The molecule has 0 radical (unpaired) electrons. The Morgan fingerprint density at radius 3 is 1.52 bits per heavy atom. The lowest BCUT2D eigenvalue weighted by atomic mass is 10.2. The first-order chi connectivity index (χ1) is 10.8. The molecule has 23 heavy (non-hydrogen) atoms. The normalized spacial score (nSPS) is 14.0. The van der Waals surface area contributed by atoms with E-state index >= 15 is 0 Å². The Labute approximate surface area is 155 Å². The van der Waals surface area contributed by atoms with Crippen molar-refractivity contribution in [2.24, 2.45) is 5.92 Å². The fraction of sp³-hybridized carbons (Fsp3) is 0.400. The number of hydrogen-bond donors (Lipinski definition) is 0. The second-order valence-electron chi connectivity index (χ2n) is 7.38. The molecule has 124 valence electrons. The van der Waals surface area contributed by atoms with Crippen LogP contribution in [-0.4, -0.2) is 12.4 Å². The molecule has 2 rings (SSSR count). The topological polar surface area (TPSA) is 9.23 Å². The number of hydrogen-bond acceptors (Lipinski definition) is 1. The maximum absolute atomic E-state index is 6.96. The lowest BCUT2D eigenvalue weighted by Gasteiger charge is -2.44. The minimum atomic E-state index is -2.38. The van der Waals surface area contributed by atoms with Crippen LogP contribution in [0.3, 0.4) is 0 Å².